The average Bonchev–Trinajstić information content (AvgIpc) is 2.90. The van der Waals surface area contributed by atoms with Crippen LogP contribution in [0, 0.1) is 0 Å². The fourth-order valence-corrected chi connectivity index (χ4v) is 4.08. The van der Waals surface area contributed by atoms with Crippen LogP contribution in [0.15, 0.2) is 10.2 Å². The van der Waals surface area contributed by atoms with Gasteiger partial charge in [-0.1, -0.05) is 18.7 Å². The second kappa shape index (κ2) is 5.32. The first-order valence-electron chi connectivity index (χ1n) is 6.60. The average molecular weight is 295 g/mol. The highest BCUT2D eigenvalue weighted by atomic mass is 32.2. The van der Waals surface area contributed by atoms with Gasteiger partial charge >= 0.3 is 0 Å². The van der Waals surface area contributed by atoms with Gasteiger partial charge in [0.25, 0.3) is 0 Å². The Hall–Kier alpha value is -0.750. The molecule has 1 aromatic rings. The van der Waals surface area contributed by atoms with Gasteiger partial charge in [-0.15, -0.1) is 11.8 Å². The van der Waals surface area contributed by atoms with Gasteiger partial charge < -0.3 is 4.90 Å². The lowest BCUT2D eigenvalue weighted by molar-refractivity contribution is 0.0977. The molecule has 0 spiro atoms. The maximum Gasteiger partial charge on any atom is 0.190 e. The van der Waals surface area contributed by atoms with E-state index in [-0.39, 0.29) is 5.78 Å². The summed E-state index contributed by atoms with van der Waals surface area (Å²) in [6.45, 7) is 4.09. The molecule has 0 amide bonds. The van der Waals surface area contributed by atoms with Crippen molar-refractivity contribution in [3.05, 3.63) is 5.56 Å². The Kier molecular flexibility index (Phi) is 3.71. The SMILES string of the molecule is CSc1nc2c(c(N3CCCC3)n1)C(=O)CC(C)S2. The fraction of sp³-hybridized carbons (Fsp3) is 0.615. The molecule has 1 aromatic heterocycles. The first-order valence-corrected chi connectivity index (χ1v) is 8.70. The molecule has 6 heteroatoms. The minimum atomic E-state index is 0.204. The highest BCUT2D eigenvalue weighted by Gasteiger charge is 2.31. The Labute approximate surface area is 121 Å². The zero-order chi connectivity index (χ0) is 13.4. The maximum absolute atomic E-state index is 12.3. The zero-order valence-corrected chi connectivity index (χ0v) is 12.8. The van der Waals surface area contributed by atoms with E-state index in [0.717, 1.165) is 34.7 Å². The molecule has 19 heavy (non-hydrogen) atoms. The van der Waals surface area contributed by atoms with E-state index in [9.17, 15) is 4.79 Å². The number of thioether (sulfide) groups is 2. The van der Waals surface area contributed by atoms with Crippen molar-refractivity contribution in [3.8, 4) is 0 Å². The highest BCUT2D eigenvalue weighted by Crippen LogP contribution is 2.39. The topological polar surface area (TPSA) is 46.1 Å². The van der Waals surface area contributed by atoms with Crippen molar-refractivity contribution in [1.82, 2.24) is 9.97 Å². The summed E-state index contributed by atoms with van der Waals surface area (Å²) in [5.74, 6) is 1.08. The van der Waals surface area contributed by atoms with E-state index in [1.54, 1.807) is 23.5 Å². The molecule has 102 valence electrons. The van der Waals surface area contributed by atoms with Crippen LogP contribution in [0.5, 0.6) is 0 Å². The predicted octanol–water partition coefficient (Wildman–Crippen LogP) is 2.87. The molecule has 0 aliphatic carbocycles. The lowest BCUT2D eigenvalue weighted by atomic mass is 10.1. The number of anilines is 1. The van der Waals surface area contributed by atoms with Crippen molar-refractivity contribution in [2.45, 2.75) is 41.6 Å². The molecule has 1 atom stereocenters. The molecule has 3 heterocycles. The first kappa shape index (κ1) is 13.2. The molecule has 1 saturated heterocycles. The number of hydrogen-bond acceptors (Lipinski definition) is 6. The lowest BCUT2D eigenvalue weighted by Crippen LogP contribution is -2.26. The maximum atomic E-state index is 12.3. The Balaban J connectivity index is 2.11. The van der Waals surface area contributed by atoms with Crippen LogP contribution >= 0.6 is 23.5 Å². The van der Waals surface area contributed by atoms with Gasteiger partial charge in [-0.05, 0) is 19.1 Å². The minimum absolute atomic E-state index is 0.204. The molecule has 2 aliphatic rings. The molecule has 2 aliphatic heterocycles. The minimum Gasteiger partial charge on any atom is -0.356 e. The van der Waals surface area contributed by atoms with Crippen LogP contribution in [-0.4, -0.2) is 40.3 Å². The van der Waals surface area contributed by atoms with Crippen LogP contribution in [0.4, 0.5) is 5.82 Å². The Morgan fingerprint density at radius 1 is 1.32 bits per heavy atom. The molecule has 4 nitrogen and oxygen atoms in total. The number of aromatic nitrogens is 2. The van der Waals surface area contributed by atoms with E-state index < -0.39 is 0 Å². The number of rotatable bonds is 2. The van der Waals surface area contributed by atoms with Crippen LogP contribution < -0.4 is 4.90 Å². The summed E-state index contributed by atoms with van der Waals surface area (Å²) >= 11 is 3.25. The van der Waals surface area contributed by atoms with Gasteiger partial charge in [0.1, 0.15) is 10.8 Å². The number of nitrogens with zero attached hydrogens (tertiary/aromatic N) is 3. The van der Waals surface area contributed by atoms with Gasteiger partial charge in [-0.25, -0.2) is 9.97 Å². The van der Waals surface area contributed by atoms with E-state index in [1.807, 2.05) is 6.26 Å². The number of carbonyl (C=O) groups excluding carboxylic acids is 1. The van der Waals surface area contributed by atoms with Gasteiger partial charge in [0.2, 0.25) is 0 Å². The summed E-state index contributed by atoms with van der Waals surface area (Å²) < 4.78 is 0. The van der Waals surface area contributed by atoms with Crippen molar-refractivity contribution in [1.29, 1.82) is 0 Å². The van der Waals surface area contributed by atoms with Gasteiger partial charge in [-0.3, -0.25) is 4.79 Å². The monoisotopic (exact) mass is 295 g/mol. The summed E-state index contributed by atoms with van der Waals surface area (Å²) in [6, 6.07) is 0. The number of carbonyl (C=O) groups is 1. The second-order valence-electron chi connectivity index (χ2n) is 4.96. The Morgan fingerprint density at radius 2 is 2.05 bits per heavy atom. The third-order valence-electron chi connectivity index (χ3n) is 3.49. The summed E-state index contributed by atoms with van der Waals surface area (Å²) in [4.78, 5) is 23.7. The summed E-state index contributed by atoms with van der Waals surface area (Å²) in [5.41, 5.74) is 0.766. The van der Waals surface area contributed by atoms with E-state index in [2.05, 4.69) is 21.8 Å². The summed E-state index contributed by atoms with van der Waals surface area (Å²) in [5, 5.41) is 1.97. The van der Waals surface area contributed by atoms with Crippen molar-refractivity contribution in [3.63, 3.8) is 0 Å². The van der Waals surface area contributed by atoms with Gasteiger partial charge in [0.05, 0.1) is 5.56 Å². The van der Waals surface area contributed by atoms with Gasteiger partial charge in [-0.2, -0.15) is 0 Å². The third kappa shape index (κ3) is 2.48. The largest absolute Gasteiger partial charge is 0.356 e. The van der Waals surface area contributed by atoms with Gasteiger partial charge in [0, 0.05) is 24.8 Å². The van der Waals surface area contributed by atoms with Crippen molar-refractivity contribution in [2.24, 2.45) is 0 Å². The lowest BCUT2D eigenvalue weighted by Gasteiger charge is -2.25. The normalized spacial score (nSPS) is 22.7. The predicted molar refractivity (Wildman–Crippen MR) is 79.5 cm³/mol. The summed E-state index contributed by atoms with van der Waals surface area (Å²) in [7, 11) is 0. The molecular formula is C13H17N3OS2. The van der Waals surface area contributed by atoms with Gasteiger partial charge in [0.15, 0.2) is 10.9 Å². The fourth-order valence-electron chi connectivity index (χ4n) is 2.58. The van der Waals surface area contributed by atoms with E-state index in [0.29, 0.717) is 11.7 Å². The van der Waals surface area contributed by atoms with Crippen molar-refractivity contribution < 1.29 is 4.79 Å². The molecular weight excluding hydrogens is 278 g/mol. The molecule has 0 N–H and O–H groups in total. The smallest absolute Gasteiger partial charge is 0.190 e. The van der Waals surface area contributed by atoms with Crippen LogP contribution in [0.1, 0.15) is 36.5 Å². The van der Waals surface area contributed by atoms with Crippen LogP contribution in [-0.2, 0) is 0 Å². The number of ketones is 1. The highest BCUT2D eigenvalue weighted by molar-refractivity contribution is 8.00. The van der Waals surface area contributed by atoms with Crippen LogP contribution in [0.2, 0.25) is 0 Å². The van der Waals surface area contributed by atoms with Crippen LogP contribution in [0.25, 0.3) is 0 Å². The zero-order valence-electron chi connectivity index (χ0n) is 11.2. The molecule has 1 fully saturated rings. The Bertz CT molecular complexity index is 515. The quantitative estimate of drug-likeness (QED) is 0.475. The second-order valence-corrected chi connectivity index (χ2v) is 7.16. The standard InChI is InChI=1S/C13H17N3OS2/c1-8-7-9(17)10-11(16-5-3-4-6-16)14-13(18-2)15-12(10)19-8/h8H,3-7H2,1-2H3. The van der Waals surface area contributed by atoms with Crippen molar-refractivity contribution in [2.75, 3.05) is 24.2 Å². The molecule has 0 saturated carbocycles. The van der Waals surface area contributed by atoms with E-state index in [4.69, 9.17) is 0 Å². The number of fused-ring (bicyclic) bond motifs is 1. The Morgan fingerprint density at radius 3 is 2.74 bits per heavy atom. The van der Waals surface area contributed by atoms with Crippen LogP contribution in [0.3, 0.4) is 0 Å². The summed E-state index contributed by atoms with van der Waals surface area (Å²) in [6.07, 6.45) is 4.95. The molecule has 3 rings (SSSR count). The first-order chi connectivity index (χ1) is 9.19. The molecule has 0 aromatic carbocycles. The van der Waals surface area contributed by atoms with E-state index >= 15 is 0 Å². The third-order valence-corrected chi connectivity index (χ3v) is 5.12. The molecule has 0 bridgehead atoms. The molecule has 1 unspecified atom stereocenters. The van der Waals surface area contributed by atoms with Crippen molar-refractivity contribution >= 4 is 35.1 Å². The molecule has 0 radical (unpaired) electrons. The number of Topliss-reactive ketones (excluding diaryl/α,β-unsaturated/α-hetero) is 1. The van der Waals surface area contributed by atoms with E-state index in [1.165, 1.54) is 12.8 Å². The number of hydrogen-bond donors (Lipinski definition) is 0.